The fourth-order valence-electron chi connectivity index (χ4n) is 4.19. The van der Waals surface area contributed by atoms with E-state index >= 15 is 0 Å². The van der Waals surface area contributed by atoms with Crippen LogP contribution < -0.4 is 10.8 Å². The van der Waals surface area contributed by atoms with Crippen LogP contribution in [0.2, 0.25) is 0 Å². The average molecular weight is 969 g/mol. The van der Waals surface area contributed by atoms with E-state index in [1.165, 1.54) is 6.92 Å². The normalized spacial score (nSPS) is 15.8. The molecule has 0 heterocycles. The third-order valence-corrected chi connectivity index (χ3v) is 8.26. The molecule has 0 amide bonds. The molecule has 0 aromatic rings. The fourth-order valence-corrected chi connectivity index (χ4v) is 4.19. The van der Waals surface area contributed by atoms with Gasteiger partial charge >= 0.3 is 19.5 Å². The number of rotatable bonds is 31. The molecule has 0 spiro atoms. The van der Waals surface area contributed by atoms with E-state index in [0.717, 1.165) is 38.6 Å². The SMILES string of the molecule is CCCC[C@H](O)\C=C/C=C/C=C/[C@H](O)C/C=C\C=C\[C@H](O)CC.CC[C@@H](O)/C=C/C=C\C[C@@H](O)/C=C/C=C/C=C\[C@@H](O)CCCC(=O)[O-].C[C@H]([NH-])C(=O)O.[CH2-][C@@H](CCCC[NH3+])C(=O)O.[Zn+2]. The number of nitrogens with one attached hydrogen (secondary N) is 1. The first-order valence-corrected chi connectivity index (χ1v) is 22.1. The first-order chi connectivity index (χ1) is 30.4. The van der Waals surface area contributed by atoms with Gasteiger partial charge in [0, 0.05) is 5.97 Å². The number of carboxylic acid groups (broad SMARTS) is 3. The average Bonchev–Trinajstić information content (AvgIpc) is 3.25. The van der Waals surface area contributed by atoms with Crippen molar-refractivity contribution in [1.29, 1.82) is 0 Å². The van der Waals surface area contributed by atoms with Crippen LogP contribution in [0.5, 0.6) is 0 Å². The van der Waals surface area contributed by atoms with Gasteiger partial charge in [-0.3, -0.25) is 9.59 Å². The van der Waals surface area contributed by atoms with Gasteiger partial charge in [0.25, 0.3) is 11.9 Å². The number of unbranched alkanes of at least 4 members (excludes halogenated alkanes) is 2. The van der Waals surface area contributed by atoms with Crippen LogP contribution in [-0.2, 0) is 33.9 Å². The molecule has 0 aromatic heterocycles. The van der Waals surface area contributed by atoms with E-state index in [2.05, 4.69) is 19.6 Å². The molecule has 0 aliphatic heterocycles. The first-order valence-electron chi connectivity index (χ1n) is 22.1. The summed E-state index contributed by atoms with van der Waals surface area (Å²) in [6.07, 6.45) is 40.7. The van der Waals surface area contributed by atoms with Gasteiger partial charge in [-0.25, -0.2) is 0 Å². The van der Waals surface area contributed by atoms with E-state index in [1.807, 2.05) is 50.3 Å². The molecule has 0 aromatic carbocycles. The Labute approximate surface area is 402 Å². The summed E-state index contributed by atoms with van der Waals surface area (Å²) in [7, 11) is 0. The molecular weight excluding hydrogens is 886 g/mol. The molecule has 65 heavy (non-hydrogen) atoms. The number of aliphatic hydroxyl groups excluding tert-OH is 6. The molecule has 12 N–H and O–H groups in total. The number of carbonyl (C=O) groups is 3. The van der Waals surface area contributed by atoms with Crippen molar-refractivity contribution in [2.45, 2.75) is 154 Å². The minimum absolute atomic E-state index is 0. The topological polar surface area (TPSA) is 288 Å². The molecule has 0 bridgehead atoms. The standard InChI is InChI=1S/C20H30O5.C20H32O3.C7H14NO2.C3H6NO2.Zn/c1-2-17(21)11-8-5-9-14-18(22)12-6-3-4-7-13-19(23)15-10-16-20(24)25;1-3-5-13-19(22)15-9-6-7-10-16-20(23)17-12-8-11-14-18(21)4-2;1-6(7(9)10)4-2-3-5-8;1-2(4)3(5)6;/h3-9,11-13,17-19,21-23H,2,10,14-16H2,1H3,(H,24,25);6-12,14-16,18-23H,3-5,13,17H2,1-2H3;6H,1-5,8H2,(H,9,10);2,4H,1H3,(H,5,6);/q;;2*-1;+2/b4-3+,9-5-,11-8+,12-6+,13-7-;7-6+,12-8-,14-11+,15-9-,16-10+;;;/t17-,18+,19-;18-,19+,20+;6-;2-;/m1100./s1. The molecule has 0 aliphatic rings. The predicted octanol–water partition coefficient (Wildman–Crippen LogP) is 5.85. The van der Waals surface area contributed by atoms with Crippen molar-refractivity contribution in [1.82, 2.24) is 0 Å². The Morgan fingerprint density at radius 1 is 0.554 bits per heavy atom. The van der Waals surface area contributed by atoms with Crippen molar-refractivity contribution in [3.63, 3.8) is 0 Å². The molecule has 0 saturated heterocycles. The van der Waals surface area contributed by atoms with Crippen LogP contribution in [0.4, 0.5) is 0 Å². The van der Waals surface area contributed by atoms with Crippen LogP contribution in [0.15, 0.2) is 122 Å². The number of quaternary nitrogens is 1. The molecular formula is C50H82N2O12Zn. The van der Waals surface area contributed by atoms with Gasteiger partial charge in [0.05, 0.1) is 43.2 Å². The maximum Gasteiger partial charge on any atom is 2.00 e. The Balaban J connectivity index is -0.000000274. The number of hydrogen-bond acceptors (Lipinski definition) is 10. The Hall–Kier alpha value is -3.89. The minimum atomic E-state index is -1.11. The summed E-state index contributed by atoms with van der Waals surface area (Å²) < 4.78 is 0. The number of carboxylic acids is 3. The number of carbonyl (C=O) groups excluding carboxylic acids is 1. The Morgan fingerprint density at radius 2 is 0.908 bits per heavy atom. The van der Waals surface area contributed by atoms with Crippen molar-refractivity contribution in [3.05, 3.63) is 134 Å². The molecule has 0 saturated carbocycles. The van der Waals surface area contributed by atoms with Gasteiger partial charge in [0.1, 0.15) is 0 Å². The number of aliphatic hydroxyl groups is 6. The molecule has 0 rings (SSSR count). The van der Waals surface area contributed by atoms with Gasteiger partial charge < -0.3 is 69.1 Å². The molecule has 8 atom stereocenters. The monoisotopic (exact) mass is 967 g/mol. The summed E-state index contributed by atoms with van der Waals surface area (Å²) in [5.41, 5.74) is 10.1. The largest absolute Gasteiger partial charge is 2.00 e. The summed E-state index contributed by atoms with van der Waals surface area (Å²) in [4.78, 5) is 30.0. The van der Waals surface area contributed by atoms with E-state index in [9.17, 15) is 50.1 Å². The van der Waals surface area contributed by atoms with Gasteiger partial charge in [-0.1, -0.05) is 174 Å². The zero-order valence-corrected chi connectivity index (χ0v) is 42.4. The second-order valence-electron chi connectivity index (χ2n) is 14.5. The summed E-state index contributed by atoms with van der Waals surface area (Å²) in [5, 5.41) is 83.7. The number of hydrogen-bond donors (Lipinski definition) is 9. The van der Waals surface area contributed by atoms with E-state index in [4.69, 9.17) is 15.9 Å². The molecule has 0 unspecified atom stereocenters. The molecule has 0 radical (unpaired) electrons. The smallest absolute Gasteiger partial charge is 0.666 e. The maximum absolute atomic E-state index is 10.2. The molecule has 14 nitrogen and oxygen atoms in total. The van der Waals surface area contributed by atoms with Crippen LogP contribution in [0.3, 0.4) is 0 Å². The second kappa shape index (κ2) is 52.7. The van der Waals surface area contributed by atoms with E-state index in [0.29, 0.717) is 44.9 Å². The van der Waals surface area contributed by atoms with Crippen LogP contribution >= 0.6 is 0 Å². The van der Waals surface area contributed by atoms with Crippen LogP contribution in [0, 0.1) is 12.8 Å². The summed E-state index contributed by atoms with van der Waals surface area (Å²) in [6.45, 7) is 11.6. The van der Waals surface area contributed by atoms with Crippen LogP contribution in [0.1, 0.15) is 111 Å². The quantitative estimate of drug-likeness (QED) is 0.0171. The third-order valence-electron chi connectivity index (χ3n) is 8.26. The van der Waals surface area contributed by atoms with Gasteiger partial charge in [-0.15, -0.1) is 0 Å². The van der Waals surface area contributed by atoms with Crippen molar-refractivity contribution >= 4 is 17.9 Å². The minimum Gasteiger partial charge on any atom is -0.666 e. The molecule has 366 valence electrons. The zero-order chi connectivity index (χ0) is 49.4. The summed E-state index contributed by atoms with van der Waals surface area (Å²) >= 11 is 0. The van der Waals surface area contributed by atoms with Gasteiger partial charge in [0.2, 0.25) is 0 Å². The van der Waals surface area contributed by atoms with Crippen molar-refractivity contribution < 1.29 is 85.6 Å². The van der Waals surface area contributed by atoms with Crippen molar-refractivity contribution in [2.75, 3.05) is 6.54 Å². The fraction of sp³-hybridized carbons (Fsp3) is 0.520. The zero-order valence-electron chi connectivity index (χ0n) is 39.4. The molecule has 15 heteroatoms. The molecule has 0 aliphatic carbocycles. The predicted molar refractivity (Wildman–Crippen MR) is 255 cm³/mol. The second-order valence-corrected chi connectivity index (χ2v) is 14.5. The Kier molecular flexibility index (Phi) is 56.9. The van der Waals surface area contributed by atoms with E-state index in [-0.39, 0.29) is 32.0 Å². The van der Waals surface area contributed by atoms with Gasteiger partial charge in [0.15, 0.2) is 0 Å². The van der Waals surface area contributed by atoms with Crippen molar-refractivity contribution in [3.8, 4) is 0 Å². The first kappa shape index (κ1) is 70.1. The maximum atomic E-state index is 10.2. The number of allylic oxidation sites excluding steroid dienone is 12. The third kappa shape index (κ3) is 62.2. The Bertz CT molecular complexity index is 1440. The summed E-state index contributed by atoms with van der Waals surface area (Å²) in [5.74, 6) is -3.42. The van der Waals surface area contributed by atoms with Gasteiger partial charge in [-0.05, 0) is 70.3 Å². The van der Waals surface area contributed by atoms with Gasteiger partial charge in [-0.2, -0.15) is 0 Å². The van der Waals surface area contributed by atoms with Crippen molar-refractivity contribution in [2.24, 2.45) is 5.92 Å². The summed E-state index contributed by atoms with van der Waals surface area (Å²) in [6, 6.07) is -0.981. The Morgan fingerprint density at radius 3 is 1.23 bits per heavy atom. The van der Waals surface area contributed by atoms with E-state index in [1.54, 1.807) is 85.1 Å². The molecule has 0 fully saturated rings. The van der Waals surface area contributed by atoms with E-state index < -0.39 is 60.4 Å². The number of aliphatic carboxylic acids is 3. The van der Waals surface area contributed by atoms with Crippen LogP contribution in [-0.4, -0.2) is 108 Å². The van der Waals surface area contributed by atoms with Crippen LogP contribution in [0.25, 0.3) is 5.73 Å².